The molecule has 0 atom stereocenters. The third-order valence-corrected chi connectivity index (χ3v) is 3.89. The molecule has 0 bridgehead atoms. The van der Waals surface area contributed by atoms with Crippen LogP contribution in [0.1, 0.15) is 37.3 Å². The number of rotatable bonds is 3. The van der Waals surface area contributed by atoms with Crippen LogP contribution in [0.4, 0.5) is 5.82 Å². The van der Waals surface area contributed by atoms with Crippen molar-refractivity contribution in [3.05, 3.63) is 28.6 Å². The molecule has 1 saturated carbocycles. The van der Waals surface area contributed by atoms with Gasteiger partial charge < -0.3 is 9.84 Å². The average molecular weight is 323 g/mol. The fraction of sp³-hybridized carbons (Fsp3) is 0.385. The SMILES string of the molecule is NNc1cc(C2CCCC2)nc(-c2ccc(Br)o2)n1. The van der Waals surface area contributed by atoms with Gasteiger partial charge in [-0.05, 0) is 40.9 Å². The molecule has 0 aliphatic heterocycles. The molecule has 19 heavy (non-hydrogen) atoms. The maximum absolute atomic E-state index is 5.51. The van der Waals surface area contributed by atoms with Gasteiger partial charge in [0.1, 0.15) is 5.82 Å². The van der Waals surface area contributed by atoms with E-state index in [4.69, 9.17) is 10.3 Å². The zero-order valence-electron chi connectivity index (χ0n) is 10.4. The minimum atomic E-state index is 0.507. The zero-order valence-corrected chi connectivity index (χ0v) is 12.0. The van der Waals surface area contributed by atoms with E-state index in [-0.39, 0.29) is 0 Å². The molecule has 0 radical (unpaired) electrons. The minimum absolute atomic E-state index is 0.507. The lowest BCUT2D eigenvalue weighted by molar-refractivity contribution is 0.550. The van der Waals surface area contributed by atoms with Gasteiger partial charge in [-0.25, -0.2) is 15.8 Å². The van der Waals surface area contributed by atoms with Crippen molar-refractivity contribution in [3.63, 3.8) is 0 Å². The summed E-state index contributed by atoms with van der Waals surface area (Å²) >= 11 is 3.29. The highest BCUT2D eigenvalue weighted by Gasteiger charge is 2.20. The second kappa shape index (κ2) is 5.30. The van der Waals surface area contributed by atoms with Crippen LogP contribution in [0.25, 0.3) is 11.6 Å². The number of nitrogen functional groups attached to an aromatic ring is 1. The standard InChI is InChI=1S/C13H15BrN4O/c14-11-6-5-10(19-11)13-16-9(7-12(17-13)18-15)8-3-1-2-4-8/h5-8H,1-4,15H2,(H,16,17,18). The Morgan fingerprint density at radius 3 is 2.68 bits per heavy atom. The summed E-state index contributed by atoms with van der Waals surface area (Å²) in [5.41, 5.74) is 3.65. The van der Waals surface area contributed by atoms with Crippen LogP contribution in [0.15, 0.2) is 27.3 Å². The van der Waals surface area contributed by atoms with Crippen LogP contribution < -0.4 is 11.3 Å². The monoisotopic (exact) mass is 322 g/mol. The maximum Gasteiger partial charge on any atom is 0.197 e. The largest absolute Gasteiger partial charge is 0.446 e. The molecule has 2 heterocycles. The summed E-state index contributed by atoms with van der Waals surface area (Å²) in [7, 11) is 0. The molecule has 2 aromatic rings. The Balaban J connectivity index is 2.01. The number of nitrogens with two attached hydrogens (primary N) is 1. The molecule has 2 aromatic heterocycles. The van der Waals surface area contributed by atoms with E-state index >= 15 is 0 Å². The van der Waals surface area contributed by atoms with E-state index in [2.05, 4.69) is 31.3 Å². The van der Waals surface area contributed by atoms with E-state index in [1.165, 1.54) is 25.7 Å². The predicted octanol–water partition coefficient (Wildman–Crippen LogP) is 3.44. The van der Waals surface area contributed by atoms with Crippen LogP contribution >= 0.6 is 15.9 Å². The van der Waals surface area contributed by atoms with Crippen molar-refractivity contribution in [3.8, 4) is 11.6 Å². The first kappa shape index (κ1) is 12.6. The van der Waals surface area contributed by atoms with E-state index in [1.54, 1.807) is 0 Å². The van der Waals surface area contributed by atoms with Crippen LogP contribution in [0.2, 0.25) is 0 Å². The molecule has 3 rings (SSSR count). The molecule has 0 spiro atoms. The molecule has 0 unspecified atom stereocenters. The molecule has 0 aromatic carbocycles. The highest BCUT2D eigenvalue weighted by Crippen LogP contribution is 2.34. The molecule has 1 aliphatic carbocycles. The van der Waals surface area contributed by atoms with Crippen molar-refractivity contribution in [2.75, 3.05) is 5.43 Å². The zero-order chi connectivity index (χ0) is 13.2. The lowest BCUT2D eigenvalue weighted by atomic mass is 10.0. The second-order valence-corrected chi connectivity index (χ2v) is 5.51. The van der Waals surface area contributed by atoms with Crippen LogP contribution in [0, 0.1) is 0 Å². The number of nitrogens with one attached hydrogen (secondary N) is 1. The fourth-order valence-corrected chi connectivity index (χ4v) is 2.82. The second-order valence-electron chi connectivity index (χ2n) is 4.73. The summed E-state index contributed by atoms with van der Waals surface area (Å²) in [4.78, 5) is 8.97. The van der Waals surface area contributed by atoms with Crippen molar-refractivity contribution in [2.45, 2.75) is 31.6 Å². The molecule has 1 aliphatic rings. The van der Waals surface area contributed by atoms with Gasteiger partial charge in [-0.2, -0.15) is 0 Å². The highest BCUT2D eigenvalue weighted by molar-refractivity contribution is 9.10. The van der Waals surface area contributed by atoms with Gasteiger partial charge in [0.05, 0.1) is 0 Å². The van der Waals surface area contributed by atoms with Gasteiger partial charge in [-0.3, -0.25) is 0 Å². The molecule has 0 amide bonds. The fourth-order valence-electron chi connectivity index (χ4n) is 2.52. The number of aromatic nitrogens is 2. The number of halogens is 1. The topological polar surface area (TPSA) is 77.0 Å². The first-order valence-corrected chi connectivity index (χ1v) is 7.17. The van der Waals surface area contributed by atoms with Crippen LogP contribution in [0.3, 0.4) is 0 Å². The number of hydrogen-bond acceptors (Lipinski definition) is 5. The van der Waals surface area contributed by atoms with Gasteiger partial charge in [0.15, 0.2) is 16.3 Å². The average Bonchev–Trinajstić information content (AvgIpc) is 3.09. The Labute approximate surface area is 119 Å². The Morgan fingerprint density at radius 2 is 2.05 bits per heavy atom. The van der Waals surface area contributed by atoms with Gasteiger partial charge in [0.25, 0.3) is 0 Å². The lowest BCUT2D eigenvalue weighted by Gasteiger charge is -2.11. The van der Waals surface area contributed by atoms with Crippen molar-refractivity contribution in [1.82, 2.24) is 9.97 Å². The molecule has 100 valence electrons. The van der Waals surface area contributed by atoms with E-state index in [9.17, 15) is 0 Å². The summed E-state index contributed by atoms with van der Waals surface area (Å²) in [6.07, 6.45) is 4.90. The number of hydrazine groups is 1. The number of hydrogen-bond donors (Lipinski definition) is 2. The summed E-state index contributed by atoms with van der Waals surface area (Å²) in [6, 6.07) is 5.60. The summed E-state index contributed by atoms with van der Waals surface area (Å²) < 4.78 is 6.18. The van der Waals surface area contributed by atoms with Crippen molar-refractivity contribution >= 4 is 21.7 Å². The summed E-state index contributed by atoms with van der Waals surface area (Å²) in [5.74, 6) is 7.83. The number of furan rings is 1. The maximum atomic E-state index is 5.51. The first-order valence-electron chi connectivity index (χ1n) is 6.37. The van der Waals surface area contributed by atoms with Crippen LogP contribution in [-0.4, -0.2) is 9.97 Å². The highest BCUT2D eigenvalue weighted by atomic mass is 79.9. The van der Waals surface area contributed by atoms with Crippen molar-refractivity contribution < 1.29 is 4.42 Å². The van der Waals surface area contributed by atoms with E-state index in [1.807, 2.05) is 18.2 Å². The van der Waals surface area contributed by atoms with Crippen molar-refractivity contribution in [2.24, 2.45) is 5.84 Å². The normalized spacial score (nSPS) is 15.9. The predicted molar refractivity (Wildman–Crippen MR) is 76.5 cm³/mol. The van der Waals surface area contributed by atoms with Gasteiger partial charge in [-0.15, -0.1) is 0 Å². The van der Waals surface area contributed by atoms with Crippen molar-refractivity contribution in [1.29, 1.82) is 0 Å². The van der Waals surface area contributed by atoms with Gasteiger partial charge in [0, 0.05) is 17.7 Å². The quantitative estimate of drug-likeness (QED) is 0.668. The van der Waals surface area contributed by atoms with Crippen LogP contribution in [-0.2, 0) is 0 Å². The van der Waals surface area contributed by atoms with E-state index in [0.717, 1.165) is 5.69 Å². The molecule has 5 nitrogen and oxygen atoms in total. The third-order valence-electron chi connectivity index (χ3n) is 3.46. The molecule has 6 heteroatoms. The number of anilines is 1. The Bertz CT molecular complexity index is 578. The third kappa shape index (κ3) is 2.64. The summed E-state index contributed by atoms with van der Waals surface area (Å²) in [6.45, 7) is 0. The Morgan fingerprint density at radius 1 is 1.26 bits per heavy atom. The molecule has 3 N–H and O–H groups in total. The molecular weight excluding hydrogens is 308 g/mol. The van der Waals surface area contributed by atoms with E-state index in [0.29, 0.717) is 28.0 Å². The molecule has 1 fully saturated rings. The van der Waals surface area contributed by atoms with Gasteiger partial charge in [-0.1, -0.05) is 12.8 Å². The number of nitrogens with zero attached hydrogens (tertiary/aromatic N) is 2. The smallest absolute Gasteiger partial charge is 0.197 e. The summed E-state index contributed by atoms with van der Waals surface area (Å²) in [5, 5.41) is 0. The van der Waals surface area contributed by atoms with Gasteiger partial charge >= 0.3 is 0 Å². The van der Waals surface area contributed by atoms with Crippen LogP contribution in [0.5, 0.6) is 0 Å². The van der Waals surface area contributed by atoms with Gasteiger partial charge in [0.2, 0.25) is 0 Å². The molecule has 0 saturated heterocycles. The lowest BCUT2D eigenvalue weighted by Crippen LogP contribution is -2.11. The molecular formula is C13H15BrN4O. The minimum Gasteiger partial charge on any atom is -0.446 e. The Hall–Kier alpha value is -1.40. The first-order chi connectivity index (χ1) is 9.26. The van der Waals surface area contributed by atoms with E-state index < -0.39 is 0 Å². The Kier molecular flexibility index (Phi) is 3.52.